The number of aromatic nitrogens is 3. The van der Waals surface area contributed by atoms with E-state index in [0.717, 1.165) is 33.6 Å². The molecular formula is C16H13ClF3N3S2. The van der Waals surface area contributed by atoms with Crippen LogP contribution in [0.1, 0.15) is 18.1 Å². The number of thiophene rings is 1. The van der Waals surface area contributed by atoms with Crippen LogP contribution in [0.15, 0.2) is 41.6 Å². The molecule has 2 heterocycles. The molecular weight excluding hydrogens is 391 g/mol. The molecule has 0 aliphatic heterocycles. The summed E-state index contributed by atoms with van der Waals surface area (Å²) >= 11 is 8.84. The Balaban J connectivity index is 1.74. The summed E-state index contributed by atoms with van der Waals surface area (Å²) in [4.78, 5) is 0.931. The van der Waals surface area contributed by atoms with Gasteiger partial charge in [0.2, 0.25) is 0 Å². The summed E-state index contributed by atoms with van der Waals surface area (Å²) in [6, 6.07) is 8.88. The number of hydrogen-bond donors (Lipinski definition) is 0. The fourth-order valence-corrected chi connectivity index (χ4v) is 4.23. The Bertz CT molecular complexity index is 856. The highest BCUT2D eigenvalue weighted by atomic mass is 35.5. The summed E-state index contributed by atoms with van der Waals surface area (Å²) in [7, 11) is 0. The highest BCUT2D eigenvalue weighted by molar-refractivity contribution is 7.98. The molecule has 0 aliphatic rings. The van der Waals surface area contributed by atoms with Gasteiger partial charge < -0.3 is 4.57 Å². The number of halogens is 4. The molecule has 3 aromatic rings. The second-order valence-electron chi connectivity index (χ2n) is 5.14. The summed E-state index contributed by atoms with van der Waals surface area (Å²) < 4.78 is 40.4. The lowest BCUT2D eigenvalue weighted by atomic mass is 10.1. The summed E-state index contributed by atoms with van der Waals surface area (Å²) in [6.45, 7) is 2.68. The van der Waals surface area contributed by atoms with E-state index in [2.05, 4.69) is 10.2 Å². The number of thioether (sulfide) groups is 1. The Hall–Kier alpha value is -1.51. The van der Waals surface area contributed by atoms with Gasteiger partial charge in [0, 0.05) is 12.3 Å². The minimum absolute atomic E-state index is 0.515. The number of alkyl halides is 3. The molecule has 0 spiro atoms. The second-order valence-corrected chi connectivity index (χ2v) is 7.80. The van der Waals surface area contributed by atoms with Crippen LogP contribution in [-0.4, -0.2) is 14.8 Å². The molecule has 132 valence electrons. The first-order valence-electron chi connectivity index (χ1n) is 7.36. The van der Waals surface area contributed by atoms with E-state index in [4.69, 9.17) is 11.6 Å². The minimum atomic E-state index is -4.31. The number of rotatable bonds is 5. The molecule has 25 heavy (non-hydrogen) atoms. The van der Waals surface area contributed by atoms with E-state index in [1.54, 1.807) is 0 Å². The van der Waals surface area contributed by atoms with Crippen molar-refractivity contribution in [2.75, 3.05) is 0 Å². The first kappa shape index (κ1) is 18.3. The third-order valence-corrected chi connectivity index (χ3v) is 5.74. The molecule has 1 aromatic carbocycles. The Morgan fingerprint density at radius 3 is 2.40 bits per heavy atom. The van der Waals surface area contributed by atoms with Crippen molar-refractivity contribution >= 4 is 34.7 Å². The van der Waals surface area contributed by atoms with Crippen LogP contribution < -0.4 is 0 Å². The van der Waals surface area contributed by atoms with Crippen molar-refractivity contribution in [1.29, 1.82) is 0 Å². The van der Waals surface area contributed by atoms with Crippen LogP contribution >= 0.6 is 34.7 Å². The summed E-state index contributed by atoms with van der Waals surface area (Å²) in [6.07, 6.45) is -4.31. The summed E-state index contributed by atoms with van der Waals surface area (Å²) in [5.74, 6) is 1.26. The number of hydrogen-bond acceptors (Lipinski definition) is 4. The molecule has 0 atom stereocenters. The largest absolute Gasteiger partial charge is 0.416 e. The van der Waals surface area contributed by atoms with Crippen LogP contribution in [0.2, 0.25) is 4.34 Å². The first-order valence-corrected chi connectivity index (χ1v) is 9.54. The van der Waals surface area contributed by atoms with Crippen LogP contribution in [0.3, 0.4) is 0 Å². The van der Waals surface area contributed by atoms with E-state index in [9.17, 15) is 13.2 Å². The maximum absolute atomic E-state index is 12.6. The van der Waals surface area contributed by atoms with E-state index in [1.165, 1.54) is 35.2 Å². The zero-order chi connectivity index (χ0) is 18.0. The van der Waals surface area contributed by atoms with E-state index in [-0.39, 0.29) is 0 Å². The molecule has 2 aromatic heterocycles. The predicted molar refractivity (Wildman–Crippen MR) is 95.0 cm³/mol. The van der Waals surface area contributed by atoms with Gasteiger partial charge in [0.25, 0.3) is 0 Å². The summed E-state index contributed by atoms with van der Waals surface area (Å²) in [5.41, 5.74) is 0.152. The van der Waals surface area contributed by atoms with Crippen LogP contribution in [0, 0.1) is 0 Å². The Labute approximate surface area is 155 Å². The van der Waals surface area contributed by atoms with Gasteiger partial charge in [-0.1, -0.05) is 35.5 Å². The minimum Gasteiger partial charge on any atom is -0.302 e. The van der Waals surface area contributed by atoms with Gasteiger partial charge in [-0.15, -0.1) is 21.5 Å². The van der Waals surface area contributed by atoms with Gasteiger partial charge in [0.1, 0.15) is 0 Å². The maximum Gasteiger partial charge on any atom is 0.416 e. The molecule has 0 N–H and O–H groups in total. The molecule has 0 aliphatic carbocycles. The maximum atomic E-state index is 12.6. The van der Waals surface area contributed by atoms with Crippen LogP contribution in [-0.2, 0) is 18.5 Å². The van der Waals surface area contributed by atoms with Gasteiger partial charge >= 0.3 is 6.18 Å². The molecule has 9 heteroatoms. The smallest absolute Gasteiger partial charge is 0.302 e. The molecule has 3 nitrogen and oxygen atoms in total. The average molecular weight is 404 g/mol. The van der Waals surface area contributed by atoms with E-state index >= 15 is 0 Å². The Kier molecular flexibility index (Phi) is 5.41. The van der Waals surface area contributed by atoms with E-state index in [0.29, 0.717) is 16.6 Å². The fraction of sp³-hybridized carbons (Fsp3) is 0.250. The lowest BCUT2D eigenvalue weighted by Crippen LogP contribution is -2.04. The van der Waals surface area contributed by atoms with Gasteiger partial charge in [-0.3, -0.25) is 0 Å². The molecule has 0 saturated heterocycles. The SMILES string of the molecule is CCn1c(SCc2ccc(C(F)(F)F)cc2)nnc1-c1ccc(Cl)s1. The molecule has 0 radical (unpaired) electrons. The molecule has 3 rings (SSSR count). The number of benzene rings is 1. The lowest BCUT2D eigenvalue weighted by Gasteiger charge is -2.08. The van der Waals surface area contributed by atoms with Crippen LogP contribution in [0.25, 0.3) is 10.7 Å². The van der Waals surface area contributed by atoms with Crippen molar-refractivity contribution in [2.45, 2.75) is 30.6 Å². The Morgan fingerprint density at radius 2 is 1.84 bits per heavy atom. The predicted octanol–water partition coefficient (Wildman–Crippen LogP) is 5.99. The lowest BCUT2D eigenvalue weighted by molar-refractivity contribution is -0.137. The van der Waals surface area contributed by atoms with Crippen molar-refractivity contribution in [3.05, 3.63) is 51.9 Å². The highest BCUT2D eigenvalue weighted by Crippen LogP contribution is 2.33. The van der Waals surface area contributed by atoms with E-state index < -0.39 is 11.7 Å². The van der Waals surface area contributed by atoms with Gasteiger partial charge in [-0.25, -0.2) is 0 Å². The van der Waals surface area contributed by atoms with E-state index in [1.807, 2.05) is 23.6 Å². The highest BCUT2D eigenvalue weighted by Gasteiger charge is 2.29. The van der Waals surface area contributed by atoms with Crippen molar-refractivity contribution in [2.24, 2.45) is 0 Å². The van der Waals surface area contributed by atoms with Crippen LogP contribution in [0.5, 0.6) is 0 Å². The van der Waals surface area contributed by atoms with Gasteiger partial charge in [0.15, 0.2) is 11.0 Å². The van der Waals surface area contributed by atoms with Crippen LogP contribution in [0.4, 0.5) is 13.2 Å². The molecule has 0 amide bonds. The second kappa shape index (κ2) is 7.39. The normalized spacial score (nSPS) is 11.9. The molecule has 0 bridgehead atoms. The Morgan fingerprint density at radius 1 is 1.12 bits per heavy atom. The van der Waals surface area contributed by atoms with Crippen molar-refractivity contribution < 1.29 is 13.2 Å². The fourth-order valence-electron chi connectivity index (χ4n) is 2.24. The molecule has 0 unspecified atom stereocenters. The van der Waals surface area contributed by atoms with Crippen molar-refractivity contribution in [3.63, 3.8) is 0 Å². The molecule has 0 saturated carbocycles. The quantitative estimate of drug-likeness (QED) is 0.490. The molecule has 0 fully saturated rings. The van der Waals surface area contributed by atoms with Crippen molar-refractivity contribution in [3.8, 4) is 10.7 Å². The van der Waals surface area contributed by atoms with Gasteiger partial charge in [0.05, 0.1) is 14.8 Å². The first-order chi connectivity index (χ1) is 11.9. The van der Waals surface area contributed by atoms with Gasteiger partial charge in [-0.2, -0.15) is 13.2 Å². The number of nitrogens with zero attached hydrogens (tertiary/aromatic N) is 3. The zero-order valence-electron chi connectivity index (χ0n) is 13.0. The zero-order valence-corrected chi connectivity index (χ0v) is 15.4. The van der Waals surface area contributed by atoms with Gasteiger partial charge in [-0.05, 0) is 36.8 Å². The third-order valence-electron chi connectivity index (χ3n) is 3.48. The summed E-state index contributed by atoms with van der Waals surface area (Å²) in [5, 5.41) is 9.15. The van der Waals surface area contributed by atoms with Crippen molar-refractivity contribution in [1.82, 2.24) is 14.8 Å². The monoisotopic (exact) mass is 403 g/mol. The third kappa shape index (κ3) is 4.19. The average Bonchev–Trinajstić information content (AvgIpc) is 3.18. The standard InChI is InChI=1S/C16H13ClF3N3S2/c1-2-23-14(12-7-8-13(17)25-12)21-22-15(23)24-9-10-3-5-11(6-4-10)16(18,19)20/h3-8H,2,9H2,1H3. The topological polar surface area (TPSA) is 30.7 Å².